The van der Waals surface area contributed by atoms with E-state index in [2.05, 4.69) is 17.3 Å². The van der Waals surface area contributed by atoms with E-state index in [0.717, 1.165) is 43.7 Å². The lowest BCUT2D eigenvalue weighted by Crippen LogP contribution is -2.14. The van der Waals surface area contributed by atoms with E-state index in [-0.39, 0.29) is 0 Å². The van der Waals surface area contributed by atoms with Crippen molar-refractivity contribution in [3.8, 4) is 12.3 Å². The molecule has 1 N–H and O–H groups in total. The molecule has 0 aliphatic carbocycles. The third-order valence-electron chi connectivity index (χ3n) is 3.13. The van der Waals surface area contributed by atoms with Crippen molar-refractivity contribution in [3.05, 3.63) is 35.6 Å². The van der Waals surface area contributed by atoms with Gasteiger partial charge < -0.3 is 9.73 Å². The van der Waals surface area contributed by atoms with Crippen LogP contribution in [0, 0.1) is 19.3 Å². The van der Waals surface area contributed by atoms with E-state index in [1.807, 2.05) is 25.1 Å². The number of hydrogen-bond donors (Lipinski definition) is 1. The second-order valence-corrected chi connectivity index (χ2v) is 4.47. The summed E-state index contributed by atoms with van der Waals surface area (Å²) in [6.07, 6.45) is 8.31. The number of furan rings is 1. The van der Waals surface area contributed by atoms with E-state index >= 15 is 0 Å². The smallest absolute Gasteiger partial charge is 0.134 e. The quantitative estimate of drug-likeness (QED) is 0.617. The van der Waals surface area contributed by atoms with Crippen LogP contribution < -0.4 is 5.32 Å². The van der Waals surface area contributed by atoms with Crippen LogP contribution in [-0.4, -0.2) is 6.54 Å². The summed E-state index contributed by atoms with van der Waals surface area (Å²) >= 11 is 0. The summed E-state index contributed by atoms with van der Waals surface area (Å²) in [6.45, 7) is 3.88. The standard InChI is InChI=1S/C16H19NO/c1-3-4-5-8-11-17-12-15-13(2)18-16-10-7-6-9-14(15)16/h1,6-7,9-10,17H,4-5,8,11-12H2,2H3. The first-order valence-corrected chi connectivity index (χ1v) is 6.44. The molecular weight excluding hydrogens is 222 g/mol. The Morgan fingerprint density at radius 1 is 1.28 bits per heavy atom. The van der Waals surface area contributed by atoms with Crippen molar-refractivity contribution < 1.29 is 4.42 Å². The molecule has 0 saturated heterocycles. The van der Waals surface area contributed by atoms with Crippen LogP contribution in [0.1, 0.15) is 30.6 Å². The first kappa shape index (κ1) is 12.7. The summed E-state index contributed by atoms with van der Waals surface area (Å²) in [5, 5.41) is 4.67. The number of fused-ring (bicyclic) bond motifs is 1. The summed E-state index contributed by atoms with van der Waals surface area (Å²) in [7, 11) is 0. The second kappa shape index (κ2) is 6.28. The summed E-state index contributed by atoms with van der Waals surface area (Å²) in [5.41, 5.74) is 2.24. The lowest BCUT2D eigenvalue weighted by molar-refractivity contribution is 0.562. The van der Waals surface area contributed by atoms with Gasteiger partial charge in [0.05, 0.1) is 0 Å². The highest BCUT2D eigenvalue weighted by Gasteiger charge is 2.09. The van der Waals surface area contributed by atoms with Crippen LogP contribution in [0.4, 0.5) is 0 Å². The lowest BCUT2D eigenvalue weighted by atomic mass is 10.1. The molecular formula is C16H19NO. The fourth-order valence-corrected chi connectivity index (χ4v) is 2.13. The van der Waals surface area contributed by atoms with Crippen molar-refractivity contribution in [1.82, 2.24) is 5.32 Å². The number of benzene rings is 1. The molecule has 0 radical (unpaired) electrons. The van der Waals surface area contributed by atoms with Crippen molar-refractivity contribution in [2.45, 2.75) is 32.7 Å². The summed E-state index contributed by atoms with van der Waals surface area (Å²) in [6, 6.07) is 8.18. The normalized spacial score (nSPS) is 10.7. The van der Waals surface area contributed by atoms with Gasteiger partial charge in [-0.2, -0.15) is 0 Å². The highest BCUT2D eigenvalue weighted by atomic mass is 16.3. The Kier molecular flexibility index (Phi) is 4.44. The Morgan fingerprint density at radius 3 is 2.94 bits per heavy atom. The van der Waals surface area contributed by atoms with E-state index in [9.17, 15) is 0 Å². The summed E-state index contributed by atoms with van der Waals surface area (Å²) in [4.78, 5) is 0. The Hall–Kier alpha value is -1.72. The number of aryl methyl sites for hydroxylation is 1. The minimum absolute atomic E-state index is 0.860. The number of unbranched alkanes of at least 4 members (excludes halogenated alkanes) is 2. The number of nitrogens with one attached hydrogen (secondary N) is 1. The molecule has 2 nitrogen and oxygen atoms in total. The molecule has 1 aromatic carbocycles. The second-order valence-electron chi connectivity index (χ2n) is 4.47. The van der Waals surface area contributed by atoms with E-state index in [1.165, 1.54) is 10.9 Å². The zero-order valence-corrected chi connectivity index (χ0v) is 10.8. The van der Waals surface area contributed by atoms with Crippen molar-refractivity contribution >= 4 is 11.0 Å². The largest absolute Gasteiger partial charge is 0.461 e. The van der Waals surface area contributed by atoms with Crippen LogP contribution in [0.5, 0.6) is 0 Å². The molecule has 1 heterocycles. The minimum atomic E-state index is 0.860. The first-order chi connectivity index (χ1) is 8.83. The maximum atomic E-state index is 5.73. The lowest BCUT2D eigenvalue weighted by Gasteiger charge is -2.03. The van der Waals surface area contributed by atoms with Crippen molar-refractivity contribution in [1.29, 1.82) is 0 Å². The summed E-state index contributed by atoms with van der Waals surface area (Å²) in [5.74, 6) is 3.67. The number of hydrogen-bond acceptors (Lipinski definition) is 2. The predicted octanol–water partition coefficient (Wildman–Crippen LogP) is 3.63. The van der Waals surface area contributed by atoms with Crippen LogP contribution in [0.15, 0.2) is 28.7 Å². The molecule has 18 heavy (non-hydrogen) atoms. The molecule has 0 fully saturated rings. The Labute approximate surface area is 108 Å². The van der Waals surface area contributed by atoms with Crippen LogP contribution >= 0.6 is 0 Å². The van der Waals surface area contributed by atoms with Gasteiger partial charge in [0.15, 0.2) is 0 Å². The van der Waals surface area contributed by atoms with Gasteiger partial charge in [-0.05, 0) is 32.4 Å². The Morgan fingerprint density at radius 2 is 2.11 bits per heavy atom. The SMILES string of the molecule is C#CCCCCNCc1c(C)oc2ccccc12. The molecule has 0 aliphatic heterocycles. The van der Waals surface area contributed by atoms with Gasteiger partial charge in [-0.3, -0.25) is 0 Å². The zero-order chi connectivity index (χ0) is 12.8. The minimum Gasteiger partial charge on any atom is -0.461 e. The molecule has 1 aromatic heterocycles. The molecule has 2 aromatic rings. The molecule has 0 spiro atoms. The van der Waals surface area contributed by atoms with E-state index in [0.29, 0.717) is 0 Å². The number of terminal acetylenes is 1. The third-order valence-corrected chi connectivity index (χ3v) is 3.13. The van der Waals surface area contributed by atoms with Crippen molar-refractivity contribution in [2.24, 2.45) is 0 Å². The van der Waals surface area contributed by atoms with Gasteiger partial charge in [0.25, 0.3) is 0 Å². The maximum Gasteiger partial charge on any atom is 0.134 e. The van der Waals surface area contributed by atoms with Crippen molar-refractivity contribution in [2.75, 3.05) is 6.54 Å². The summed E-state index contributed by atoms with van der Waals surface area (Å²) < 4.78 is 5.73. The average Bonchev–Trinajstić information content (AvgIpc) is 2.70. The van der Waals surface area contributed by atoms with Gasteiger partial charge >= 0.3 is 0 Å². The average molecular weight is 241 g/mol. The fraction of sp³-hybridized carbons (Fsp3) is 0.375. The van der Waals surface area contributed by atoms with E-state index < -0.39 is 0 Å². The van der Waals surface area contributed by atoms with E-state index in [4.69, 9.17) is 10.8 Å². The molecule has 0 unspecified atom stereocenters. The highest BCUT2D eigenvalue weighted by Crippen LogP contribution is 2.24. The van der Waals surface area contributed by atoms with Gasteiger partial charge in [-0.1, -0.05) is 18.2 Å². The molecule has 94 valence electrons. The predicted molar refractivity (Wildman–Crippen MR) is 75.3 cm³/mol. The van der Waals surface area contributed by atoms with Crippen LogP contribution in [-0.2, 0) is 6.54 Å². The van der Waals surface area contributed by atoms with Gasteiger partial charge in [-0.15, -0.1) is 12.3 Å². The van der Waals surface area contributed by atoms with Gasteiger partial charge in [0.1, 0.15) is 11.3 Å². The number of para-hydroxylation sites is 1. The van der Waals surface area contributed by atoms with Crippen molar-refractivity contribution in [3.63, 3.8) is 0 Å². The monoisotopic (exact) mass is 241 g/mol. The molecule has 0 atom stereocenters. The Balaban J connectivity index is 1.91. The van der Waals surface area contributed by atoms with Crippen LogP contribution in [0.2, 0.25) is 0 Å². The maximum absolute atomic E-state index is 5.73. The molecule has 0 amide bonds. The topological polar surface area (TPSA) is 25.2 Å². The third kappa shape index (κ3) is 2.94. The molecule has 0 bridgehead atoms. The molecule has 2 heteroatoms. The van der Waals surface area contributed by atoms with E-state index in [1.54, 1.807) is 0 Å². The molecule has 0 saturated carbocycles. The zero-order valence-electron chi connectivity index (χ0n) is 10.8. The van der Waals surface area contributed by atoms with Crippen LogP contribution in [0.25, 0.3) is 11.0 Å². The van der Waals surface area contributed by atoms with Gasteiger partial charge in [0.2, 0.25) is 0 Å². The first-order valence-electron chi connectivity index (χ1n) is 6.44. The highest BCUT2D eigenvalue weighted by molar-refractivity contribution is 5.82. The van der Waals surface area contributed by atoms with Gasteiger partial charge in [-0.25, -0.2) is 0 Å². The fourth-order valence-electron chi connectivity index (χ4n) is 2.13. The van der Waals surface area contributed by atoms with Crippen LogP contribution in [0.3, 0.4) is 0 Å². The number of rotatable bonds is 6. The Bertz CT molecular complexity index is 548. The molecule has 0 aliphatic rings. The molecule has 2 rings (SSSR count). The van der Waals surface area contributed by atoms with Gasteiger partial charge in [0, 0.05) is 23.9 Å².